The highest BCUT2D eigenvalue weighted by atomic mass is 16.5. The number of rotatable bonds is 7. The summed E-state index contributed by atoms with van der Waals surface area (Å²) in [6.07, 6.45) is 2.00. The van der Waals surface area contributed by atoms with Crippen molar-refractivity contribution in [3.8, 4) is 0 Å². The SMILES string of the molecule is CN=C(NCC(=O)N1CCc2ccccc2C1)N1CCC(COCCOC)C1. The van der Waals surface area contributed by atoms with Gasteiger partial charge in [0.25, 0.3) is 0 Å². The van der Waals surface area contributed by atoms with Gasteiger partial charge in [-0.25, -0.2) is 0 Å². The summed E-state index contributed by atoms with van der Waals surface area (Å²) in [7, 11) is 3.45. The molecule has 0 radical (unpaired) electrons. The number of carbonyl (C=O) groups excluding carboxylic acids is 1. The highest BCUT2D eigenvalue weighted by Gasteiger charge is 2.26. The molecule has 1 amide bonds. The number of carbonyl (C=O) groups is 1. The van der Waals surface area contributed by atoms with Gasteiger partial charge in [0.15, 0.2) is 5.96 Å². The lowest BCUT2D eigenvalue weighted by Gasteiger charge is -2.29. The van der Waals surface area contributed by atoms with E-state index < -0.39 is 0 Å². The highest BCUT2D eigenvalue weighted by Crippen LogP contribution is 2.19. The Bertz CT molecular complexity index is 679. The van der Waals surface area contributed by atoms with Crippen LogP contribution in [0.25, 0.3) is 0 Å². The zero-order valence-electron chi connectivity index (χ0n) is 17.0. The van der Waals surface area contributed by atoms with Crippen LogP contribution in [0.2, 0.25) is 0 Å². The number of hydrogen-bond donors (Lipinski definition) is 1. The molecule has 7 nitrogen and oxygen atoms in total. The molecule has 1 aromatic carbocycles. The zero-order valence-corrected chi connectivity index (χ0v) is 17.0. The number of nitrogens with one attached hydrogen (secondary N) is 1. The van der Waals surface area contributed by atoms with E-state index >= 15 is 0 Å². The minimum atomic E-state index is 0.120. The van der Waals surface area contributed by atoms with Crippen LogP contribution in [-0.2, 0) is 27.2 Å². The number of hydrogen-bond acceptors (Lipinski definition) is 4. The van der Waals surface area contributed by atoms with Crippen molar-refractivity contribution in [1.29, 1.82) is 0 Å². The van der Waals surface area contributed by atoms with Gasteiger partial charge in [0.05, 0.1) is 26.4 Å². The van der Waals surface area contributed by atoms with Crippen molar-refractivity contribution in [2.45, 2.75) is 19.4 Å². The summed E-state index contributed by atoms with van der Waals surface area (Å²) in [4.78, 5) is 21.2. The summed E-state index contributed by atoms with van der Waals surface area (Å²) in [6.45, 7) is 5.58. The minimum Gasteiger partial charge on any atom is -0.382 e. The Balaban J connectivity index is 1.43. The van der Waals surface area contributed by atoms with E-state index in [-0.39, 0.29) is 12.5 Å². The molecule has 3 rings (SSSR count). The third-order valence-corrected chi connectivity index (χ3v) is 5.46. The van der Waals surface area contributed by atoms with Gasteiger partial charge >= 0.3 is 0 Å². The van der Waals surface area contributed by atoms with E-state index in [1.165, 1.54) is 11.1 Å². The van der Waals surface area contributed by atoms with Gasteiger partial charge in [-0.2, -0.15) is 0 Å². The number of likely N-dealkylation sites (tertiary alicyclic amines) is 1. The lowest BCUT2D eigenvalue weighted by molar-refractivity contribution is -0.130. The Kier molecular flexibility index (Phi) is 7.68. The van der Waals surface area contributed by atoms with Crippen LogP contribution in [0.3, 0.4) is 0 Å². The van der Waals surface area contributed by atoms with Gasteiger partial charge in [0.1, 0.15) is 0 Å². The van der Waals surface area contributed by atoms with Crippen molar-refractivity contribution < 1.29 is 14.3 Å². The maximum Gasteiger partial charge on any atom is 0.242 e. The molecular formula is C21H32N4O3. The summed E-state index contributed by atoms with van der Waals surface area (Å²) in [5.41, 5.74) is 2.61. The van der Waals surface area contributed by atoms with Crippen molar-refractivity contribution in [1.82, 2.24) is 15.1 Å². The second-order valence-corrected chi connectivity index (χ2v) is 7.40. The lowest BCUT2D eigenvalue weighted by atomic mass is 10.00. The van der Waals surface area contributed by atoms with E-state index in [4.69, 9.17) is 9.47 Å². The van der Waals surface area contributed by atoms with Gasteiger partial charge in [0, 0.05) is 46.3 Å². The standard InChI is InChI=1S/C21H32N4O3/c1-22-21(25-9-7-17(14-25)16-28-12-11-27-2)23-13-20(26)24-10-8-18-5-3-4-6-19(18)15-24/h3-6,17H,7-16H2,1-2H3,(H,22,23). The Morgan fingerprint density at radius 3 is 2.82 bits per heavy atom. The van der Waals surface area contributed by atoms with Crippen LogP contribution in [0.5, 0.6) is 0 Å². The number of fused-ring (bicyclic) bond motifs is 1. The Morgan fingerprint density at radius 1 is 1.21 bits per heavy atom. The zero-order chi connectivity index (χ0) is 19.8. The number of aliphatic imine (C=N–C) groups is 1. The van der Waals surface area contributed by atoms with Crippen LogP contribution < -0.4 is 5.32 Å². The molecule has 154 valence electrons. The predicted molar refractivity (Wildman–Crippen MR) is 109 cm³/mol. The largest absolute Gasteiger partial charge is 0.382 e. The van der Waals surface area contributed by atoms with E-state index in [0.29, 0.717) is 25.7 Å². The molecule has 28 heavy (non-hydrogen) atoms. The van der Waals surface area contributed by atoms with Crippen molar-refractivity contribution >= 4 is 11.9 Å². The molecule has 1 aromatic rings. The number of guanidine groups is 1. The quantitative estimate of drug-likeness (QED) is 0.431. The average Bonchev–Trinajstić information content (AvgIpc) is 3.20. The fraction of sp³-hybridized carbons (Fsp3) is 0.619. The smallest absolute Gasteiger partial charge is 0.242 e. The first-order chi connectivity index (χ1) is 13.7. The van der Waals surface area contributed by atoms with E-state index in [1.807, 2.05) is 11.0 Å². The first-order valence-corrected chi connectivity index (χ1v) is 10.1. The van der Waals surface area contributed by atoms with Crippen LogP contribution in [0, 0.1) is 5.92 Å². The highest BCUT2D eigenvalue weighted by molar-refractivity contribution is 5.86. The maximum absolute atomic E-state index is 12.7. The summed E-state index contributed by atoms with van der Waals surface area (Å²) in [5, 5.41) is 3.25. The van der Waals surface area contributed by atoms with Crippen LogP contribution in [-0.4, -0.2) is 81.8 Å². The maximum atomic E-state index is 12.7. The number of nitrogens with zero attached hydrogens (tertiary/aromatic N) is 3. The molecule has 1 N–H and O–H groups in total. The number of benzene rings is 1. The molecule has 2 aliphatic heterocycles. The Morgan fingerprint density at radius 2 is 2.04 bits per heavy atom. The van der Waals surface area contributed by atoms with E-state index in [2.05, 4.69) is 33.4 Å². The Labute approximate surface area is 167 Å². The van der Waals surface area contributed by atoms with Gasteiger partial charge in [-0.15, -0.1) is 0 Å². The average molecular weight is 389 g/mol. The molecule has 0 spiro atoms. The fourth-order valence-corrected chi connectivity index (χ4v) is 3.86. The van der Waals surface area contributed by atoms with E-state index in [1.54, 1.807) is 14.2 Å². The van der Waals surface area contributed by atoms with Gasteiger partial charge in [-0.3, -0.25) is 9.79 Å². The van der Waals surface area contributed by atoms with Crippen molar-refractivity contribution in [3.63, 3.8) is 0 Å². The Hall–Kier alpha value is -2.12. The van der Waals surface area contributed by atoms with Gasteiger partial charge < -0.3 is 24.6 Å². The second kappa shape index (κ2) is 10.4. The van der Waals surface area contributed by atoms with Gasteiger partial charge in [0.2, 0.25) is 5.91 Å². The van der Waals surface area contributed by atoms with Crippen molar-refractivity contribution in [3.05, 3.63) is 35.4 Å². The number of methoxy groups -OCH3 is 1. The molecule has 0 aromatic heterocycles. The molecule has 2 aliphatic rings. The molecule has 1 atom stereocenters. The van der Waals surface area contributed by atoms with Gasteiger partial charge in [-0.1, -0.05) is 24.3 Å². The number of amides is 1. The lowest BCUT2D eigenvalue weighted by Crippen LogP contribution is -2.47. The fourth-order valence-electron chi connectivity index (χ4n) is 3.86. The summed E-state index contributed by atoms with van der Waals surface area (Å²) in [6, 6.07) is 8.36. The van der Waals surface area contributed by atoms with Crippen LogP contribution in [0.4, 0.5) is 0 Å². The third-order valence-electron chi connectivity index (χ3n) is 5.46. The normalized spacial score (nSPS) is 19.6. The molecule has 0 bridgehead atoms. The first kappa shape index (κ1) is 20.6. The molecule has 2 heterocycles. The van der Waals surface area contributed by atoms with Crippen LogP contribution >= 0.6 is 0 Å². The van der Waals surface area contributed by atoms with E-state index in [0.717, 1.165) is 45.0 Å². The summed E-state index contributed by atoms with van der Waals surface area (Å²) in [5.74, 6) is 1.41. The third kappa shape index (κ3) is 5.45. The molecular weight excluding hydrogens is 356 g/mol. The molecule has 1 fully saturated rings. The predicted octanol–water partition coefficient (Wildman–Crippen LogP) is 1.13. The van der Waals surface area contributed by atoms with Crippen molar-refractivity contribution in [2.24, 2.45) is 10.9 Å². The second-order valence-electron chi connectivity index (χ2n) is 7.40. The monoisotopic (exact) mass is 388 g/mol. The van der Waals surface area contributed by atoms with Crippen LogP contribution in [0.1, 0.15) is 17.5 Å². The summed E-state index contributed by atoms with van der Waals surface area (Å²) >= 11 is 0. The molecule has 0 aliphatic carbocycles. The molecule has 1 unspecified atom stereocenters. The minimum absolute atomic E-state index is 0.120. The summed E-state index contributed by atoms with van der Waals surface area (Å²) < 4.78 is 10.7. The number of ether oxygens (including phenoxy) is 2. The van der Waals surface area contributed by atoms with E-state index in [9.17, 15) is 4.79 Å². The van der Waals surface area contributed by atoms with Crippen LogP contribution in [0.15, 0.2) is 29.3 Å². The molecule has 7 heteroatoms. The topological polar surface area (TPSA) is 66.4 Å². The van der Waals surface area contributed by atoms with Crippen molar-refractivity contribution in [2.75, 3.05) is 60.2 Å². The molecule has 0 saturated carbocycles. The van der Waals surface area contributed by atoms with Gasteiger partial charge in [-0.05, 0) is 24.0 Å². The first-order valence-electron chi connectivity index (χ1n) is 10.1. The molecule has 1 saturated heterocycles.